The third-order valence-corrected chi connectivity index (χ3v) is 4.29. The van der Waals surface area contributed by atoms with E-state index < -0.39 is 6.10 Å². The lowest BCUT2D eigenvalue weighted by molar-refractivity contribution is 0.0639. The zero-order chi connectivity index (χ0) is 14.2. The first kappa shape index (κ1) is 14.5. The second-order valence-electron chi connectivity index (χ2n) is 5.55. The summed E-state index contributed by atoms with van der Waals surface area (Å²) in [4.78, 5) is 13.8. The molecule has 5 nitrogen and oxygen atoms in total. The lowest BCUT2D eigenvalue weighted by Crippen LogP contribution is -2.35. The minimum atomic E-state index is -0.420. The number of nitrogens with zero attached hydrogens (tertiary/aromatic N) is 2. The van der Waals surface area contributed by atoms with Crippen molar-refractivity contribution in [2.45, 2.75) is 38.7 Å². The van der Waals surface area contributed by atoms with Crippen LogP contribution in [0, 0.1) is 5.92 Å². The fourth-order valence-electron chi connectivity index (χ4n) is 2.04. The maximum absolute atomic E-state index is 12.3. The van der Waals surface area contributed by atoms with E-state index in [1.807, 2.05) is 13.8 Å². The summed E-state index contributed by atoms with van der Waals surface area (Å²) in [5, 5.41) is 16.9. The maximum Gasteiger partial charge on any atom is 0.275 e. The van der Waals surface area contributed by atoms with Gasteiger partial charge in [-0.3, -0.25) is 9.89 Å². The summed E-state index contributed by atoms with van der Waals surface area (Å²) in [6, 6.07) is 0. The van der Waals surface area contributed by atoms with Crippen LogP contribution in [0.3, 0.4) is 0 Å². The molecule has 6 heteroatoms. The van der Waals surface area contributed by atoms with Crippen molar-refractivity contribution in [1.82, 2.24) is 15.1 Å². The highest BCUT2D eigenvalue weighted by molar-refractivity contribution is 9.10. The Labute approximate surface area is 121 Å². The Morgan fingerprint density at radius 3 is 2.68 bits per heavy atom. The number of carbonyl (C=O) groups excluding carboxylic acids is 1. The van der Waals surface area contributed by atoms with Crippen LogP contribution in [0.2, 0.25) is 0 Å². The standard InChI is InChI=1S/C13H20BrN3O2/c1-7(2)11-10(14)12(16-15-11)13(19)17(3)6-9(18)8-4-5-8/h7-9,18H,4-6H2,1-3H3,(H,15,16). The molecule has 1 amide bonds. The van der Waals surface area contributed by atoms with E-state index in [4.69, 9.17) is 0 Å². The molecule has 0 spiro atoms. The quantitative estimate of drug-likeness (QED) is 0.869. The summed E-state index contributed by atoms with van der Waals surface area (Å²) in [5.74, 6) is 0.463. The van der Waals surface area contributed by atoms with Crippen molar-refractivity contribution in [3.8, 4) is 0 Å². The number of aromatic amines is 1. The number of hydrogen-bond donors (Lipinski definition) is 2. The van der Waals surface area contributed by atoms with E-state index in [0.717, 1.165) is 23.0 Å². The Kier molecular flexibility index (Phi) is 4.30. The van der Waals surface area contributed by atoms with E-state index in [1.165, 1.54) is 4.90 Å². The number of H-pyrrole nitrogens is 1. The summed E-state index contributed by atoms with van der Waals surface area (Å²) in [7, 11) is 1.70. The van der Waals surface area contributed by atoms with E-state index in [9.17, 15) is 9.90 Å². The molecule has 1 aromatic rings. The lowest BCUT2D eigenvalue weighted by Gasteiger charge is -2.20. The Balaban J connectivity index is 2.05. The number of nitrogens with one attached hydrogen (secondary N) is 1. The summed E-state index contributed by atoms with van der Waals surface area (Å²) in [6.07, 6.45) is 1.70. The van der Waals surface area contributed by atoms with Crippen LogP contribution in [-0.2, 0) is 0 Å². The molecule has 0 bridgehead atoms. The third kappa shape index (κ3) is 3.17. The highest BCUT2D eigenvalue weighted by atomic mass is 79.9. The Bertz CT molecular complexity index is 468. The van der Waals surface area contributed by atoms with E-state index in [-0.39, 0.29) is 11.8 Å². The molecule has 1 atom stereocenters. The van der Waals surface area contributed by atoms with Crippen molar-refractivity contribution in [2.24, 2.45) is 5.92 Å². The third-order valence-electron chi connectivity index (χ3n) is 3.49. The molecular weight excluding hydrogens is 310 g/mol. The van der Waals surface area contributed by atoms with Crippen molar-refractivity contribution in [3.63, 3.8) is 0 Å². The molecule has 0 radical (unpaired) electrons. The van der Waals surface area contributed by atoms with Crippen molar-refractivity contribution in [3.05, 3.63) is 15.9 Å². The van der Waals surface area contributed by atoms with Crippen LogP contribution >= 0.6 is 15.9 Å². The minimum Gasteiger partial charge on any atom is -0.391 e. The molecule has 1 unspecified atom stereocenters. The van der Waals surface area contributed by atoms with Crippen LogP contribution < -0.4 is 0 Å². The Morgan fingerprint density at radius 1 is 1.58 bits per heavy atom. The number of hydrogen-bond acceptors (Lipinski definition) is 3. The fraction of sp³-hybridized carbons (Fsp3) is 0.692. The molecule has 0 saturated heterocycles. The first-order valence-electron chi connectivity index (χ1n) is 6.59. The number of aromatic nitrogens is 2. The van der Waals surface area contributed by atoms with E-state index in [2.05, 4.69) is 26.1 Å². The van der Waals surface area contributed by atoms with Gasteiger partial charge in [-0.25, -0.2) is 0 Å². The number of carbonyl (C=O) groups is 1. The van der Waals surface area contributed by atoms with Gasteiger partial charge in [0.05, 0.1) is 16.3 Å². The van der Waals surface area contributed by atoms with Crippen LogP contribution in [0.1, 0.15) is 48.8 Å². The smallest absolute Gasteiger partial charge is 0.275 e. The fourth-order valence-corrected chi connectivity index (χ4v) is 2.85. The molecule has 1 saturated carbocycles. The van der Waals surface area contributed by atoms with Crippen molar-refractivity contribution in [2.75, 3.05) is 13.6 Å². The monoisotopic (exact) mass is 329 g/mol. The molecule has 19 heavy (non-hydrogen) atoms. The zero-order valence-corrected chi connectivity index (χ0v) is 13.1. The number of likely N-dealkylation sites (N-methyl/N-ethyl adjacent to an activating group) is 1. The average molecular weight is 330 g/mol. The van der Waals surface area contributed by atoms with Gasteiger partial charge in [-0.2, -0.15) is 5.10 Å². The summed E-state index contributed by atoms with van der Waals surface area (Å²) >= 11 is 3.42. The molecule has 2 rings (SSSR count). The van der Waals surface area contributed by atoms with Gasteiger partial charge in [-0.1, -0.05) is 13.8 Å². The zero-order valence-electron chi connectivity index (χ0n) is 11.5. The molecular formula is C13H20BrN3O2. The van der Waals surface area contributed by atoms with Gasteiger partial charge in [0.2, 0.25) is 0 Å². The van der Waals surface area contributed by atoms with E-state index >= 15 is 0 Å². The summed E-state index contributed by atoms with van der Waals surface area (Å²) in [6.45, 7) is 4.43. The number of aliphatic hydroxyl groups is 1. The topological polar surface area (TPSA) is 69.2 Å². The Hall–Kier alpha value is -0.880. The number of halogens is 1. The molecule has 1 aromatic heterocycles. The maximum atomic E-state index is 12.3. The molecule has 0 aromatic carbocycles. The largest absolute Gasteiger partial charge is 0.391 e. The molecule has 1 aliphatic carbocycles. The van der Waals surface area contributed by atoms with Crippen molar-refractivity contribution >= 4 is 21.8 Å². The molecule has 0 aliphatic heterocycles. The first-order valence-corrected chi connectivity index (χ1v) is 7.38. The van der Waals surface area contributed by atoms with E-state index in [0.29, 0.717) is 18.2 Å². The number of aliphatic hydroxyl groups excluding tert-OH is 1. The highest BCUT2D eigenvalue weighted by Gasteiger charge is 2.32. The second kappa shape index (κ2) is 5.63. The molecule has 2 N–H and O–H groups in total. The first-order chi connectivity index (χ1) is 8.91. The van der Waals surface area contributed by atoms with Crippen LogP contribution in [0.5, 0.6) is 0 Å². The van der Waals surface area contributed by atoms with Crippen LogP contribution in [-0.4, -0.2) is 45.8 Å². The van der Waals surface area contributed by atoms with E-state index in [1.54, 1.807) is 7.05 Å². The molecule has 1 heterocycles. The molecule has 1 fully saturated rings. The SMILES string of the molecule is CC(C)c1[nH]nc(C(=O)N(C)CC(O)C2CC2)c1Br. The highest BCUT2D eigenvalue weighted by Crippen LogP contribution is 2.33. The predicted molar refractivity (Wildman–Crippen MR) is 76.1 cm³/mol. The van der Waals surface area contributed by atoms with Gasteiger partial charge in [0.25, 0.3) is 5.91 Å². The summed E-state index contributed by atoms with van der Waals surface area (Å²) < 4.78 is 0.722. The van der Waals surface area contributed by atoms with Gasteiger partial charge in [-0.05, 0) is 40.6 Å². The van der Waals surface area contributed by atoms with Crippen LogP contribution in [0.15, 0.2) is 4.47 Å². The summed E-state index contributed by atoms with van der Waals surface area (Å²) in [5.41, 5.74) is 1.30. The normalized spacial score (nSPS) is 16.7. The average Bonchev–Trinajstić information content (AvgIpc) is 3.11. The van der Waals surface area contributed by atoms with Gasteiger partial charge in [0.1, 0.15) is 0 Å². The minimum absolute atomic E-state index is 0.172. The number of rotatable bonds is 5. The van der Waals surface area contributed by atoms with Gasteiger partial charge in [0, 0.05) is 13.6 Å². The van der Waals surface area contributed by atoms with Gasteiger partial charge in [0.15, 0.2) is 5.69 Å². The van der Waals surface area contributed by atoms with Crippen LogP contribution in [0.25, 0.3) is 0 Å². The molecule has 106 valence electrons. The predicted octanol–water partition coefficient (Wildman–Crippen LogP) is 2.14. The van der Waals surface area contributed by atoms with Gasteiger partial charge < -0.3 is 10.0 Å². The van der Waals surface area contributed by atoms with Crippen LogP contribution in [0.4, 0.5) is 0 Å². The van der Waals surface area contributed by atoms with Gasteiger partial charge >= 0.3 is 0 Å². The number of amides is 1. The van der Waals surface area contributed by atoms with Crippen molar-refractivity contribution < 1.29 is 9.90 Å². The lowest BCUT2D eigenvalue weighted by atomic mass is 10.1. The second-order valence-corrected chi connectivity index (χ2v) is 6.34. The molecule has 1 aliphatic rings. The van der Waals surface area contributed by atoms with Crippen molar-refractivity contribution in [1.29, 1.82) is 0 Å². The van der Waals surface area contributed by atoms with Gasteiger partial charge in [-0.15, -0.1) is 0 Å². The Morgan fingerprint density at radius 2 is 2.21 bits per heavy atom.